The molecular formula is C21H26ClN5O2. The number of likely N-dealkylation sites (N-methyl/N-ethyl adjacent to an activating group) is 1. The Morgan fingerprint density at radius 3 is 2.52 bits per heavy atom. The minimum Gasteiger partial charge on any atom is -0.353 e. The van der Waals surface area contributed by atoms with Crippen LogP contribution < -0.4 is 10.2 Å². The molecule has 2 amide bonds. The lowest BCUT2D eigenvalue weighted by Gasteiger charge is -2.35. The van der Waals surface area contributed by atoms with Gasteiger partial charge in [-0.3, -0.25) is 14.5 Å². The van der Waals surface area contributed by atoms with E-state index < -0.39 is 0 Å². The third-order valence-electron chi connectivity index (χ3n) is 4.87. The van der Waals surface area contributed by atoms with Crippen molar-refractivity contribution in [3.8, 4) is 0 Å². The topological polar surface area (TPSA) is 68.8 Å². The van der Waals surface area contributed by atoms with Gasteiger partial charge in [-0.1, -0.05) is 29.8 Å². The minimum absolute atomic E-state index is 0.115. The first-order valence-electron chi connectivity index (χ1n) is 9.69. The molecule has 1 N–H and O–H groups in total. The zero-order chi connectivity index (χ0) is 20.6. The molecule has 29 heavy (non-hydrogen) atoms. The van der Waals surface area contributed by atoms with Crippen LogP contribution in [0.1, 0.15) is 6.42 Å². The van der Waals surface area contributed by atoms with E-state index in [0.29, 0.717) is 36.8 Å². The molecule has 0 saturated carbocycles. The first-order valence-corrected chi connectivity index (χ1v) is 10.1. The van der Waals surface area contributed by atoms with Crippen molar-refractivity contribution < 1.29 is 9.59 Å². The van der Waals surface area contributed by atoms with E-state index in [9.17, 15) is 9.59 Å². The molecule has 0 spiro atoms. The predicted molar refractivity (Wildman–Crippen MR) is 115 cm³/mol. The van der Waals surface area contributed by atoms with Crippen molar-refractivity contribution in [2.24, 2.45) is 0 Å². The zero-order valence-electron chi connectivity index (χ0n) is 16.6. The quantitative estimate of drug-likeness (QED) is 0.751. The summed E-state index contributed by atoms with van der Waals surface area (Å²) in [7, 11) is 1.83. The third-order valence-corrected chi connectivity index (χ3v) is 5.20. The SMILES string of the molecule is CN(CCC(=O)N1CCN(c2ccccn2)CC1)CC(=O)Nc1ccccc1Cl. The summed E-state index contributed by atoms with van der Waals surface area (Å²) in [6.07, 6.45) is 2.17. The number of rotatable bonds is 7. The van der Waals surface area contributed by atoms with Crippen molar-refractivity contribution in [2.45, 2.75) is 6.42 Å². The fraction of sp³-hybridized carbons (Fsp3) is 0.381. The van der Waals surface area contributed by atoms with E-state index in [1.165, 1.54) is 0 Å². The van der Waals surface area contributed by atoms with Gasteiger partial charge in [-0.25, -0.2) is 4.98 Å². The highest BCUT2D eigenvalue weighted by atomic mass is 35.5. The smallest absolute Gasteiger partial charge is 0.238 e. The van der Waals surface area contributed by atoms with Crippen LogP contribution in [0.15, 0.2) is 48.7 Å². The van der Waals surface area contributed by atoms with Crippen molar-refractivity contribution in [3.05, 3.63) is 53.7 Å². The van der Waals surface area contributed by atoms with E-state index in [-0.39, 0.29) is 18.4 Å². The van der Waals surface area contributed by atoms with Crippen LogP contribution >= 0.6 is 11.6 Å². The summed E-state index contributed by atoms with van der Waals surface area (Å²) < 4.78 is 0. The van der Waals surface area contributed by atoms with Gasteiger partial charge in [0.15, 0.2) is 0 Å². The maximum atomic E-state index is 12.5. The predicted octanol–water partition coefficient (Wildman–Crippen LogP) is 2.34. The molecular weight excluding hydrogens is 390 g/mol. The number of pyridine rings is 1. The van der Waals surface area contributed by atoms with E-state index in [1.54, 1.807) is 18.3 Å². The Morgan fingerprint density at radius 1 is 1.10 bits per heavy atom. The number of nitrogens with one attached hydrogen (secondary N) is 1. The van der Waals surface area contributed by atoms with Crippen LogP contribution in [0.4, 0.5) is 11.5 Å². The molecule has 2 aromatic rings. The maximum absolute atomic E-state index is 12.5. The van der Waals surface area contributed by atoms with Crippen molar-refractivity contribution in [3.63, 3.8) is 0 Å². The lowest BCUT2D eigenvalue weighted by molar-refractivity contribution is -0.132. The molecule has 1 aliphatic heterocycles. The van der Waals surface area contributed by atoms with Crippen LogP contribution in [0.3, 0.4) is 0 Å². The van der Waals surface area contributed by atoms with Gasteiger partial charge in [-0.2, -0.15) is 0 Å². The molecule has 0 radical (unpaired) electrons. The monoisotopic (exact) mass is 415 g/mol. The Bertz CT molecular complexity index is 825. The fourth-order valence-electron chi connectivity index (χ4n) is 3.25. The van der Waals surface area contributed by atoms with Crippen molar-refractivity contribution in [1.29, 1.82) is 0 Å². The van der Waals surface area contributed by atoms with Gasteiger partial charge in [0.25, 0.3) is 0 Å². The number of nitrogens with zero attached hydrogens (tertiary/aromatic N) is 4. The van der Waals surface area contributed by atoms with Gasteiger partial charge in [0.1, 0.15) is 5.82 Å². The number of benzene rings is 1. The highest BCUT2D eigenvalue weighted by molar-refractivity contribution is 6.33. The average molecular weight is 416 g/mol. The molecule has 0 atom stereocenters. The Morgan fingerprint density at radius 2 is 1.83 bits per heavy atom. The Hall–Kier alpha value is -2.64. The van der Waals surface area contributed by atoms with Crippen molar-refractivity contribution >= 4 is 34.9 Å². The van der Waals surface area contributed by atoms with E-state index in [0.717, 1.165) is 18.9 Å². The number of carbonyl (C=O) groups excluding carboxylic acids is 2. The number of amides is 2. The molecule has 154 valence electrons. The van der Waals surface area contributed by atoms with E-state index >= 15 is 0 Å². The molecule has 1 aromatic carbocycles. The van der Waals surface area contributed by atoms with Crippen LogP contribution in [0.5, 0.6) is 0 Å². The molecule has 0 unspecified atom stereocenters. The van der Waals surface area contributed by atoms with E-state index in [2.05, 4.69) is 15.2 Å². The average Bonchev–Trinajstić information content (AvgIpc) is 2.74. The molecule has 7 nitrogen and oxygen atoms in total. The van der Waals surface area contributed by atoms with Crippen molar-refractivity contribution in [2.75, 3.05) is 56.5 Å². The molecule has 1 aromatic heterocycles. The minimum atomic E-state index is -0.156. The Balaban J connectivity index is 1.38. The summed E-state index contributed by atoms with van der Waals surface area (Å²) in [6, 6.07) is 13.0. The lowest BCUT2D eigenvalue weighted by Crippen LogP contribution is -2.49. The molecule has 3 rings (SSSR count). The molecule has 1 aliphatic rings. The van der Waals surface area contributed by atoms with Gasteiger partial charge in [0.2, 0.25) is 11.8 Å². The van der Waals surface area contributed by atoms with Crippen LogP contribution in [0, 0.1) is 0 Å². The first-order chi connectivity index (χ1) is 14.0. The van der Waals surface area contributed by atoms with Gasteiger partial charge in [-0.05, 0) is 31.3 Å². The Kier molecular flexibility index (Phi) is 7.43. The molecule has 1 fully saturated rings. The maximum Gasteiger partial charge on any atom is 0.238 e. The Labute approximate surface area is 176 Å². The number of anilines is 2. The first kappa shape index (κ1) is 21.1. The van der Waals surface area contributed by atoms with Gasteiger partial charge in [0, 0.05) is 45.3 Å². The van der Waals surface area contributed by atoms with Crippen LogP contribution in [-0.2, 0) is 9.59 Å². The summed E-state index contributed by atoms with van der Waals surface area (Å²) in [5, 5.41) is 3.30. The number of halogens is 1. The van der Waals surface area contributed by atoms with E-state index in [4.69, 9.17) is 11.6 Å². The second-order valence-corrected chi connectivity index (χ2v) is 7.48. The van der Waals surface area contributed by atoms with Gasteiger partial charge < -0.3 is 15.1 Å². The number of aromatic nitrogens is 1. The molecule has 0 aliphatic carbocycles. The lowest BCUT2D eigenvalue weighted by atomic mass is 10.2. The highest BCUT2D eigenvalue weighted by Gasteiger charge is 2.22. The zero-order valence-corrected chi connectivity index (χ0v) is 17.3. The number of hydrogen-bond acceptors (Lipinski definition) is 5. The summed E-state index contributed by atoms with van der Waals surface area (Å²) in [6.45, 7) is 3.65. The van der Waals surface area contributed by atoms with Crippen LogP contribution in [0.25, 0.3) is 0 Å². The van der Waals surface area contributed by atoms with Gasteiger partial charge in [-0.15, -0.1) is 0 Å². The summed E-state index contributed by atoms with van der Waals surface area (Å²) in [5.74, 6) is 0.907. The number of hydrogen-bond donors (Lipinski definition) is 1. The number of para-hydroxylation sites is 1. The molecule has 2 heterocycles. The van der Waals surface area contributed by atoms with Gasteiger partial charge >= 0.3 is 0 Å². The van der Waals surface area contributed by atoms with Crippen molar-refractivity contribution in [1.82, 2.24) is 14.8 Å². The van der Waals surface area contributed by atoms with E-state index in [1.807, 2.05) is 47.2 Å². The molecule has 8 heteroatoms. The molecule has 0 bridgehead atoms. The largest absolute Gasteiger partial charge is 0.353 e. The summed E-state index contributed by atoms with van der Waals surface area (Å²) >= 11 is 6.06. The molecule has 1 saturated heterocycles. The second-order valence-electron chi connectivity index (χ2n) is 7.07. The standard InChI is InChI=1S/C21H26ClN5O2/c1-25(16-20(28)24-18-7-3-2-6-17(18)22)11-9-21(29)27-14-12-26(13-15-27)19-8-4-5-10-23-19/h2-8,10H,9,11-16H2,1H3,(H,24,28). The second kappa shape index (κ2) is 10.2. The highest BCUT2D eigenvalue weighted by Crippen LogP contribution is 2.20. The van der Waals surface area contributed by atoms with Crippen LogP contribution in [-0.4, -0.2) is 72.9 Å². The van der Waals surface area contributed by atoms with Crippen LogP contribution in [0.2, 0.25) is 5.02 Å². The fourth-order valence-corrected chi connectivity index (χ4v) is 3.43. The normalized spacial score (nSPS) is 14.2. The number of carbonyl (C=O) groups is 2. The number of piperazine rings is 1. The summed E-state index contributed by atoms with van der Waals surface area (Å²) in [4.78, 5) is 35.0. The third kappa shape index (κ3) is 6.17. The summed E-state index contributed by atoms with van der Waals surface area (Å²) in [5.41, 5.74) is 0.592. The van der Waals surface area contributed by atoms with Gasteiger partial charge in [0.05, 0.1) is 17.3 Å².